The van der Waals surface area contributed by atoms with Gasteiger partial charge in [-0.2, -0.15) is 0 Å². The highest BCUT2D eigenvalue weighted by Gasteiger charge is 2.21. The zero-order valence-corrected chi connectivity index (χ0v) is 9.66. The summed E-state index contributed by atoms with van der Waals surface area (Å²) in [7, 11) is 0. The van der Waals surface area contributed by atoms with Gasteiger partial charge in [-0.1, -0.05) is 58.4 Å². The Balaban J connectivity index is 2.30. The lowest BCUT2D eigenvalue weighted by atomic mass is 9.97. The predicted molar refractivity (Wildman–Crippen MR) is 63.6 cm³/mol. The van der Waals surface area contributed by atoms with Gasteiger partial charge in [-0.3, -0.25) is 0 Å². The Kier molecular flexibility index (Phi) is 2.87. The fraction of sp³-hybridized carbons (Fsp3) is 0.231. The van der Waals surface area contributed by atoms with E-state index in [1.807, 2.05) is 6.92 Å². The Labute approximate surface area is 93.5 Å². The molecule has 0 saturated heterocycles. The molecule has 1 heteroatoms. The first kappa shape index (κ1) is 9.72. The molecule has 0 heterocycles. The second kappa shape index (κ2) is 4.14. The van der Waals surface area contributed by atoms with Gasteiger partial charge in [-0.15, -0.1) is 0 Å². The summed E-state index contributed by atoms with van der Waals surface area (Å²) in [6.45, 7) is 2.04. The smallest absolute Gasteiger partial charge is 0.0429 e. The Hall–Kier alpha value is -0.820. The van der Waals surface area contributed by atoms with Crippen molar-refractivity contribution in [2.45, 2.75) is 17.7 Å². The van der Waals surface area contributed by atoms with Crippen LogP contribution in [0.2, 0.25) is 0 Å². The number of halogens is 1. The Morgan fingerprint density at radius 2 is 2.21 bits per heavy atom. The third-order valence-corrected chi connectivity index (χ3v) is 3.33. The summed E-state index contributed by atoms with van der Waals surface area (Å²) in [4.78, 5) is 0.378. The van der Waals surface area contributed by atoms with Crippen molar-refractivity contribution in [3.05, 3.63) is 59.7 Å². The number of rotatable bonds is 2. The molecular formula is C13H12Br. The van der Waals surface area contributed by atoms with Crippen LogP contribution in [-0.4, -0.2) is 4.83 Å². The number of benzene rings is 1. The van der Waals surface area contributed by atoms with E-state index in [9.17, 15) is 0 Å². The summed E-state index contributed by atoms with van der Waals surface area (Å²) >= 11 is 3.68. The highest BCUT2D eigenvalue weighted by molar-refractivity contribution is 9.09. The van der Waals surface area contributed by atoms with Crippen molar-refractivity contribution in [1.82, 2.24) is 0 Å². The van der Waals surface area contributed by atoms with Crippen molar-refractivity contribution in [2.75, 3.05) is 0 Å². The molecular weight excluding hydrogens is 236 g/mol. The minimum atomic E-state index is 0.378. The average Bonchev–Trinajstić information content (AvgIpc) is 2.61. The lowest BCUT2D eigenvalue weighted by Gasteiger charge is -2.13. The SMILES string of the molecule is CC=CC(Br)C1C=[C]c2ccccc21. The fourth-order valence-corrected chi connectivity index (χ4v) is 2.50. The van der Waals surface area contributed by atoms with Crippen LogP contribution in [0.25, 0.3) is 0 Å². The molecule has 1 aromatic rings. The highest BCUT2D eigenvalue weighted by atomic mass is 79.9. The van der Waals surface area contributed by atoms with Crippen LogP contribution in [0.15, 0.2) is 42.5 Å². The van der Waals surface area contributed by atoms with Crippen LogP contribution in [0.4, 0.5) is 0 Å². The predicted octanol–water partition coefficient (Wildman–Crippen LogP) is 3.83. The first-order valence-electron chi connectivity index (χ1n) is 4.78. The van der Waals surface area contributed by atoms with Gasteiger partial charge < -0.3 is 0 Å². The summed E-state index contributed by atoms with van der Waals surface area (Å²) < 4.78 is 0. The van der Waals surface area contributed by atoms with E-state index in [0.717, 1.165) is 0 Å². The van der Waals surface area contributed by atoms with Gasteiger partial charge in [0.15, 0.2) is 0 Å². The standard InChI is InChI=1S/C13H12Br/c1-2-5-13(14)12-9-8-10-6-3-4-7-11(10)12/h2-7,9,12-13H,1H3. The maximum atomic E-state index is 3.68. The largest absolute Gasteiger partial charge is 0.0905 e. The number of hydrogen-bond donors (Lipinski definition) is 0. The molecule has 2 unspecified atom stereocenters. The molecule has 1 aliphatic rings. The summed E-state index contributed by atoms with van der Waals surface area (Å²) in [6, 6.07) is 8.43. The lowest BCUT2D eigenvalue weighted by Crippen LogP contribution is -2.05. The van der Waals surface area contributed by atoms with Crippen LogP contribution in [0.5, 0.6) is 0 Å². The molecule has 1 radical (unpaired) electrons. The number of alkyl halides is 1. The zero-order chi connectivity index (χ0) is 9.97. The van der Waals surface area contributed by atoms with Crippen molar-refractivity contribution in [3.8, 4) is 0 Å². The molecule has 0 fully saturated rings. The molecule has 1 aliphatic carbocycles. The second-order valence-electron chi connectivity index (χ2n) is 3.39. The minimum absolute atomic E-state index is 0.378. The Bertz CT molecular complexity index is 377. The van der Waals surface area contributed by atoms with Crippen molar-refractivity contribution < 1.29 is 0 Å². The number of allylic oxidation sites excluding steroid dienone is 3. The lowest BCUT2D eigenvalue weighted by molar-refractivity contribution is 0.907. The average molecular weight is 248 g/mol. The minimum Gasteiger partial charge on any atom is -0.0905 e. The van der Waals surface area contributed by atoms with Gasteiger partial charge in [0.25, 0.3) is 0 Å². The molecule has 0 nitrogen and oxygen atoms in total. The van der Waals surface area contributed by atoms with Crippen molar-refractivity contribution in [3.63, 3.8) is 0 Å². The molecule has 2 atom stereocenters. The summed E-state index contributed by atoms with van der Waals surface area (Å²) in [5.74, 6) is 0.433. The highest BCUT2D eigenvalue weighted by Crippen LogP contribution is 2.34. The van der Waals surface area contributed by atoms with Gasteiger partial charge in [0.2, 0.25) is 0 Å². The van der Waals surface area contributed by atoms with Gasteiger partial charge in [-0.05, 0) is 24.1 Å². The Morgan fingerprint density at radius 1 is 1.43 bits per heavy atom. The van der Waals surface area contributed by atoms with E-state index in [0.29, 0.717) is 10.7 Å². The van der Waals surface area contributed by atoms with E-state index >= 15 is 0 Å². The van der Waals surface area contributed by atoms with Crippen LogP contribution in [-0.2, 0) is 0 Å². The molecule has 0 aromatic heterocycles. The first-order chi connectivity index (χ1) is 6.83. The van der Waals surface area contributed by atoms with Crippen molar-refractivity contribution >= 4 is 15.9 Å². The van der Waals surface area contributed by atoms with Crippen LogP contribution in [0.1, 0.15) is 24.0 Å². The molecule has 0 aliphatic heterocycles. The third-order valence-electron chi connectivity index (χ3n) is 2.46. The van der Waals surface area contributed by atoms with Crippen molar-refractivity contribution in [1.29, 1.82) is 0 Å². The summed E-state index contributed by atoms with van der Waals surface area (Å²) in [5.41, 5.74) is 2.60. The van der Waals surface area contributed by atoms with Crippen LogP contribution in [0.3, 0.4) is 0 Å². The molecule has 2 rings (SSSR count). The third kappa shape index (κ3) is 1.69. The maximum absolute atomic E-state index is 3.68. The normalized spacial score (nSPS) is 21.4. The topological polar surface area (TPSA) is 0 Å². The van der Waals surface area contributed by atoms with E-state index in [1.165, 1.54) is 11.1 Å². The summed E-state index contributed by atoms with van der Waals surface area (Å²) in [5, 5.41) is 0. The van der Waals surface area contributed by atoms with Gasteiger partial charge in [0, 0.05) is 10.7 Å². The van der Waals surface area contributed by atoms with Gasteiger partial charge in [-0.25, -0.2) is 0 Å². The van der Waals surface area contributed by atoms with Gasteiger partial charge in [0.05, 0.1) is 0 Å². The monoisotopic (exact) mass is 247 g/mol. The van der Waals surface area contributed by atoms with E-state index in [-0.39, 0.29) is 0 Å². The van der Waals surface area contributed by atoms with E-state index < -0.39 is 0 Å². The molecule has 0 N–H and O–H groups in total. The molecule has 0 amide bonds. The molecule has 0 bridgehead atoms. The van der Waals surface area contributed by atoms with E-state index in [2.05, 4.69) is 64.5 Å². The van der Waals surface area contributed by atoms with Gasteiger partial charge in [0.1, 0.15) is 0 Å². The second-order valence-corrected chi connectivity index (χ2v) is 4.45. The molecule has 0 saturated carbocycles. The van der Waals surface area contributed by atoms with E-state index in [4.69, 9.17) is 0 Å². The molecule has 71 valence electrons. The van der Waals surface area contributed by atoms with Crippen molar-refractivity contribution in [2.24, 2.45) is 0 Å². The quantitative estimate of drug-likeness (QED) is 0.551. The first-order valence-corrected chi connectivity index (χ1v) is 5.70. The molecule has 1 aromatic carbocycles. The summed E-state index contributed by atoms with van der Waals surface area (Å²) in [6.07, 6.45) is 9.69. The fourth-order valence-electron chi connectivity index (χ4n) is 1.76. The Morgan fingerprint density at radius 3 is 3.00 bits per heavy atom. The molecule has 0 spiro atoms. The van der Waals surface area contributed by atoms with Crippen LogP contribution >= 0.6 is 15.9 Å². The maximum Gasteiger partial charge on any atom is 0.0429 e. The zero-order valence-electron chi connectivity index (χ0n) is 8.07. The van der Waals surface area contributed by atoms with Gasteiger partial charge >= 0.3 is 0 Å². The van der Waals surface area contributed by atoms with Crippen LogP contribution in [0, 0.1) is 6.08 Å². The molecule has 14 heavy (non-hydrogen) atoms. The van der Waals surface area contributed by atoms with Crippen LogP contribution < -0.4 is 0 Å². The van der Waals surface area contributed by atoms with E-state index in [1.54, 1.807) is 0 Å². The number of hydrogen-bond acceptors (Lipinski definition) is 0. The number of fused-ring (bicyclic) bond motifs is 1.